The Labute approximate surface area is 136 Å². The van der Waals surface area contributed by atoms with Crippen molar-refractivity contribution in [3.8, 4) is 5.75 Å². The van der Waals surface area contributed by atoms with Crippen LogP contribution in [0.2, 0.25) is 10.0 Å². The van der Waals surface area contributed by atoms with Gasteiger partial charge in [0.05, 0.1) is 12.6 Å². The zero-order valence-electron chi connectivity index (χ0n) is 10.5. The molecule has 0 radical (unpaired) electrons. The molecule has 2 N–H and O–H groups in total. The molecular formula is C15H12BrCl2NO. The Bertz CT molecular complexity index is 655. The Balaban J connectivity index is 2.14. The van der Waals surface area contributed by atoms with E-state index in [0.717, 1.165) is 33.3 Å². The van der Waals surface area contributed by atoms with E-state index in [1.54, 1.807) is 12.1 Å². The average Bonchev–Trinajstić information content (AvgIpc) is 2.85. The number of halogens is 3. The molecule has 0 saturated heterocycles. The van der Waals surface area contributed by atoms with Crippen LogP contribution in [0.5, 0.6) is 5.75 Å². The smallest absolute Gasteiger partial charge is 0.127 e. The van der Waals surface area contributed by atoms with E-state index in [-0.39, 0.29) is 0 Å². The minimum Gasteiger partial charge on any atom is -0.493 e. The summed E-state index contributed by atoms with van der Waals surface area (Å²) >= 11 is 16.0. The fraction of sp³-hybridized carbons (Fsp3) is 0.200. The van der Waals surface area contributed by atoms with E-state index in [1.165, 1.54) is 0 Å². The molecule has 1 aliphatic heterocycles. The van der Waals surface area contributed by atoms with E-state index >= 15 is 0 Å². The largest absolute Gasteiger partial charge is 0.493 e. The molecule has 0 amide bonds. The van der Waals surface area contributed by atoms with Crippen LogP contribution >= 0.6 is 39.1 Å². The Hall–Kier alpha value is -0.740. The summed E-state index contributed by atoms with van der Waals surface area (Å²) < 4.78 is 6.70. The van der Waals surface area contributed by atoms with Gasteiger partial charge in [-0.1, -0.05) is 45.2 Å². The lowest BCUT2D eigenvalue weighted by atomic mass is 9.96. The summed E-state index contributed by atoms with van der Waals surface area (Å²) in [4.78, 5) is 0. The molecule has 1 unspecified atom stereocenters. The van der Waals surface area contributed by atoms with Crippen LogP contribution in [0.3, 0.4) is 0 Å². The van der Waals surface area contributed by atoms with Crippen molar-refractivity contribution in [3.63, 3.8) is 0 Å². The van der Waals surface area contributed by atoms with Gasteiger partial charge in [0.15, 0.2) is 0 Å². The lowest BCUT2D eigenvalue weighted by molar-refractivity contribution is 0.352. The summed E-state index contributed by atoms with van der Waals surface area (Å²) in [6.07, 6.45) is 0.894. The van der Waals surface area contributed by atoms with E-state index < -0.39 is 6.04 Å². The molecule has 0 saturated carbocycles. The maximum absolute atomic E-state index is 6.39. The molecule has 2 nitrogen and oxygen atoms in total. The molecule has 20 heavy (non-hydrogen) atoms. The first-order chi connectivity index (χ1) is 9.58. The van der Waals surface area contributed by atoms with Crippen molar-refractivity contribution in [2.45, 2.75) is 12.5 Å². The van der Waals surface area contributed by atoms with Crippen LogP contribution in [0.4, 0.5) is 0 Å². The van der Waals surface area contributed by atoms with Crippen LogP contribution in [0, 0.1) is 0 Å². The van der Waals surface area contributed by atoms with Gasteiger partial charge in [-0.25, -0.2) is 0 Å². The van der Waals surface area contributed by atoms with Crippen molar-refractivity contribution in [1.82, 2.24) is 0 Å². The zero-order valence-corrected chi connectivity index (χ0v) is 13.6. The highest BCUT2D eigenvalue weighted by atomic mass is 79.9. The zero-order chi connectivity index (χ0) is 14.3. The lowest BCUT2D eigenvalue weighted by Gasteiger charge is -2.19. The summed E-state index contributed by atoms with van der Waals surface area (Å²) in [6.45, 7) is 0.682. The monoisotopic (exact) mass is 371 g/mol. The van der Waals surface area contributed by atoms with Crippen molar-refractivity contribution in [2.24, 2.45) is 5.73 Å². The first kappa shape index (κ1) is 14.2. The van der Waals surface area contributed by atoms with Gasteiger partial charge in [0, 0.05) is 32.1 Å². The highest BCUT2D eigenvalue weighted by Gasteiger charge is 2.24. The van der Waals surface area contributed by atoms with Crippen LogP contribution in [-0.4, -0.2) is 6.61 Å². The molecule has 0 aromatic heterocycles. The molecule has 2 aromatic rings. The molecule has 0 aliphatic carbocycles. The van der Waals surface area contributed by atoms with Gasteiger partial charge in [0.1, 0.15) is 5.75 Å². The SMILES string of the molecule is NC(c1cc(Br)cc2c1OCC2)c1c(Cl)cccc1Cl. The molecule has 2 aromatic carbocycles. The van der Waals surface area contributed by atoms with Crippen molar-refractivity contribution in [3.05, 3.63) is 61.5 Å². The van der Waals surface area contributed by atoms with E-state index in [4.69, 9.17) is 33.7 Å². The maximum Gasteiger partial charge on any atom is 0.127 e. The summed E-state index contributed by atoms with van der Waals surface area (Å²) in [6, 6.07) is 9.01. The highest BCUT2D eigenvalue weighted by molar-refractivity contribution is 9.10. The van der Waals surface area contributed by atoms with Crippen molar-refractivity contribution < 1.29 is 4.74 Å². The third kappa shape index (κ3) is 2.44. The van der Waals surface area contributed by atoms with Crippen molar-refractivity contribution in [1.29, 1.82) is 0 Å². The van der Waals surface area contributed by atoms with Gasteiger partial charge in [-0.15, -0.1) is 0 Å². The summed E-state index contributed by atoms with van der Waals surface area (Å²) in [5.74, 6) is 0.858. The third-order valence-electron chi connectivity index (χ3n) is 3.42. The summed E-state index contributed by atoms with van der Waals surface area (Å²) in [5.41, 5.74) is 9.18. The maximum atomic E-state index is 6.39. The van der Waals surface area contributed by atoms with Crippen LogP contribution in [-0.2, 0) is 6.42 Å². The van der Waals surface area contributed by atoms with Crippen LogP contribution in [0.25, 0.3) is 0 Å². The van der Waals surface area contributed by atoms with Crippen LogP contribution < -0.4 is 10.5 Å². The van der Waals surface area contributed by atoms with Gasteiger partial charge in [-0.05, 0) is 29.8 Å². The molecule has 3 rings (SSSR count). The second-order valence-corrected chi connectivity index (χ2v) is 6.42. The lowest BCUT2D eigenvalue weighted by Crippen LogP contribution is -2.14. The van der Waals surface area contributed by atoms with E-state index in [0.29, 0.717) is 16.7 Å². The molecule has 5 heteroatoms. The number of benzene rings is 2. The molecule has 0 bridgehead atoms. The average molecular weight is 373 g/mol. The van der Waals surface area contributed by atoms with Crippen molar-refractivity contribution in [2.75, 3.05) is 6.61 Å². The number of ether oxygens (including phenoxy) is 1. The van der Waals surface area contributed by atoms with Gasteiger partial charge < -0.3 is 10.5 Å². The fourth-order valence-electron chi connectivity index (χ4n) is 2.49. The predicted octanol–water partition coefficient (Wildman–Crippen LogP) is 4.74. The fourth-order valence-corrected chi connectivity index (χ4v) is 3.65. The molecule has 1 heterocycles. The number of nitrogens with two attached hydrogens (primary N) is 1. The van der Waals surface area contributed by atoms with Gasteiger partial charge in [0.2, 0.25) is 0 Å². The first-order valence-corrected chi connectivity index (χ1v) is 7.77. The molecule has 1 aliphatic rings. The van der Waals surface area contributed by atoms with E-state index in [2.05, 4.69) is 22.0 Å². The Kier molecular flexibility index (Phi) is 3.95. The number of hydrogen-bond donors (Lipinski definition) is 1. The number of rotatable bonds is 2. The van der Waals surface area contributed by atoms with Crippen LogP contribution in [0.1, 0.15) is 22.7 Å². The molecule has 1 atom stereocenters. The predicted molar refractivity (Wildman–Crippen MR) is 85.8 cm³/mol. The highest BCUT2D eigenvalue weighted by Crippen LogP contribution is 2.41. The molecule has 104 valence electrons. The van der Waals surface area contributed by atoms with Gasteiger partial charge in [-0.3, -0.25) is 0 Å². The Morgan fingerprint density at radius 2 is 1.90 bits per heavy atom. The summed E-state index contributed by atoms with van der Waals surface area (Å²) in [7, 11) is 0. The molecular weight excluding hydrogens is 361 g/mol. The second kappa shape index (κ2) is 5.57. The van der Waals surface area contributed by atoms with Gasteiger partial charge in [-0.2, -0.15) is 0 Å². The minimum atomic E-state index is -0.416. The number of fused-ring (bicyclic) bond motifs is 1. The van der Waals surface area contributed by atoms with Crippen LogP contribution in [0.15, 0.2) is 34.8 Å². The van der Waals surface area contributed by atoms with Gasteiger partial charge >= 0.3 is 0 Å². The van der Waals surface area contributed by atoms with Crippen molar-refractivity contribution >= 4 is 39.1 Å². The second-order valence-electron chi connectivity index (χ2n) is 4.69. The number of hydrogen-bond acceptors (Lipinski definition) is 2. The minimum absolute atomic E-state index is 0.416. The molecule has 0 fully saturated rings. The van der Waals surface area contributed by atoms with E-state index in [9.17, 15) is 0 Å². The molecule has 0 spiro atoms. The standard InChI is InChI=1S/C15H12BrCl2NO/c16-9-6-8-4-5-20-15(8)10(7-9)14(19)13-11(17)2-1-3-12(13)18/h1-3,6-7,14H,4-5,19H2. The first-order valence-electron chi connectivity index (χ1n) is 6.22. The summed E-state index contributed by atoms with van der Waals surface area (Å²) in [5, 5.41) is 1.13. The third-order valence-corrected chi connectivity index (χ3v) is 4.54. The normalized spacial score (nSPS) is 14.8. The Morgan fingerprint density at radius 1 is 1.20 bits per heavy atom. The Morgan fingerprint density at radius 3 is 2.60 bits per heavy atom. The van der Waals surface area contributed by atoms with Gasteiger partial charge in [0.25, 0.3) is 0 Å². The topological polar surface area (TPSA) is 35.2 Å². The van der Waals surface area contributed by atoms with E-state index in [1.807, 2.05) is 12.1 Å². The quantitative estimate of drug-likeness (QED) is 0.826.